The summed E-state index contributed by atoms with van der Waals surface area (Å²) < 4.78 is 5.53. The summed E-state index contributed by atoms with van der Waals surface area (Å²) in [6, 6.07) is 7.54. The Labute approximate surface area is 119 Å². The van der Waals surface area contributed by atoms with Crippen molar-refractivity contribution in [1.82, 2.24) is 4.90 Å². The molecule has 1 saturated heterocycles. The predicted octanol–water partition coefficient (Wildman–Crippen LogP) is 3.17. The molecule has 104 valence electrons. The van der Waals surface area contributed by atoms with Crippen molar-refractivity contribution in [3.8, 4) is 5.75 Å². The first kappa shape index (κ1) is 14.2. The topological polar surface area (TPSA) is 29.5 Å². The molecule has 1 aliphatic rings. The summed E-state index contributed by atoms with van der Waals surface area (Å²) in [5.41, 5.74) is 0.633. The summed E-state index contributed by atoms with van der Waals surface area (Å²) in [4.78, 5) is 14.5. The molecular formula is C15H20ClNO2. The molecule has 1 amide bonds. The van der Waals surface area contributed by atoms with Gasteiger partial charge in [-0.2, -0.15) is 0 Å². The fraction of sp³-hybridized carbons (Fsp3) is 0.533. The Morgan fingerprint density at radius 2 is 2.21 bits per heavy atom. The highest BCUT2D eigenvalue weighted by molar-refractivity contribution is 6.18. The van der Waals surface area contributed by atoms with Crippen molar-refractivity contribution in [3.05, 3.63) is 29.8 Å². The van der Waals surface area contributed by atoms with E-state index in [1.807, 2.05) is 36.1 Å². The van der Waals surface area contributed by atoms with Crippen molar-refractivity contribution in [2.24, 2.45) is 5.92 Å². The number of halogens is 1. The lowest BCUT2D eigenvalue weighted by Crippen LogP contribution is -2.38. The molecule has 0 aliphatic carbocycles. The zero-order chi connectivity index (χ0) is 13.8. The number of para-hydroxylation sites is 1. The number of benzene rings is 1. The number of rotatable bonds is 4. The lowest BCUT2D eigenvalue weighted by Gasteiger charge is -2.26. The number of hydrogen-bond acceptors (Lipinski definition) is 2. The first-order chi connectivity index (χ1) is 9.19. The van der Waals surface area contributed by atoms with E-state index in [9.17, 15) is 4.79 Å². The first-order valence-electron chi connectivity index (χ1n) is 6.77. The van der Waals surface area contributed by atoms with Crippen molar-refractivity contribution in [2.45, 2.75) is 26.3 Å². The van der Waals surface area contributed by atoms with Crippen LogP contribution >= 0.6 is 11.6 Å². The van der Waals surface area contributed by atoms with E-state index in [1.165, 1.54) is 0 Å². The van der Waals surface area contributed by atoms with E-state index in [-0.39, 0.29) is 11.9 Å². The number of alkyl halides is 1. The van der Waals surface area contributed by atoms with Gasteiger partial charge in [-0.15, -0.1) is 11.6 Å². The second-order valence-electron chi connectivity index (χ2n) is 4.92. The number of carbonyl (C=O) groups is 1. The second kappa shape index (κ2) is 6.29. The summed E-state index contributed by atoms with van der Waals surface area (Å²) in [6.45, 7) is 5.40. The molecule has 1 aromatic carbocycles. The molecule has 0 bridgehead atoms. The normalized spacial score (nSPS) is 22.6. The number of hydrogen-bond donors (Lipinski definition) is 0. The van der Waals surface area contributed by atoms with Crippen LogP contribution in [0.3, 0.4) is 0 Å². The van der Waals surface area contributed by atoms with Gasteiger partial charge in [-0.05, 0) is 31.4 Å². The molecule has 1 aromatic rings. The molecule has 19 heavy (non-hydrogen) atoms. The van der Waals surface area contributed by atoms with Crippen molar-refractivity contribution in [3.63, 3.8) is 0 Å². The monoisotopic (exact) mass is 281 g/mol. The molecule has 3 nitrogen and oxygen atoms in total. The molecule has 0 saturated carbocycles. The quantitative estimate of drug-likeness (QED) is 0.794. The van der Waals surface area contributed by atoms with Gasteiger partial charge in [0.1, 0.15) is 5.75 Å². The third-order valence-corrected chi connectivity index (χ3v) is 4.03. The van der Waals surface area contributed by atoms with Crippen molar-refractivity contribution in [1.29, 1.82) is 0 Å². The minimum Gasteiger partial charge on any atom is -0.493 e. The van der Waals surface area contributed by atoms with E-state index < -0.39 is 0 Å². The Morgan fingerprint density at radius 3 is 2.89 bits per heavy atom. The average Bonchev–Trinajstić information content (AvgIpc) is 2.80. The van der Waals surface area contributed by atoms with Crippen LogP contribution in [0.15, 0.2) is 24.3 Å². The van der Waals surface area contributed by atoms with Gasteiger partial charge < -0.3 is 9.64 Å². The van der Waals surface area contributed by atoms with Gasteiger partial charge in [0.05, 0.1) is 12.2 Å². The van der Waals surface area contributed by atoms with Crippen LogP contribution in [0, 0.1) is 5.92 Å². The molecule has 2 atom stereocenters. The first-order valence-corrected chi connectivity index (χ1v) is 7.31. The van der Waals surface area contributed by atoms with Crippen molar-refractivity contribution < 1.29 is 9.53 Å². The van der Waals surface area contributed by atoms with E-state index in [0.717, 1.165) is 13.0 Å². The Hall–Kier alpha value is -1.22. The number of likely N-dealkylation sites (tertiary alicyclic amines) is 1. The zero-order valence-corrected chi connectivity index (χ0v) is 12.2. The minimum absolute atomic E-state index is 0.0269. The Kier molecular flexibility index (Phi) is 4.70. The van der Waals surface area contributed by atoms with Crippen LogP contribution in [0.1, 0.15) is 30.6 Å². The van der Waals surface area contributed by atoms with E-state index in [2.05, 4.69) is 6.92 Å². The molecule has 0 spiro atoms. The standard InChI is InChI=1S/C15H20ClNO2/c1-3-19-14-7-5-4-6-12(14)15(18)17-9-8-11(2)13(17)10-16/h4-7,11,13H,3,8-10H2,1-2H3. The molecule has 0 radical (unpaired) electrons. The van der Waals surface area contributed by atoms with E-state index >= 15 is 0 Å². The molecular weight excluding hydrogens is 262 g/mol. The van der Waals surface area contributed by atoms with Gasteiger partial charge in [-0.3, -0.25) is 4.79 Å². The van der Waals surface area contributed by atoms with Crippen LogP contribution in [0.25, 0.3) is 0 Å². The zero-order valence-electron chi connectivity index (χ0n) is 11.4. The third-order valence-electron chi connectivity index (χ3n) is 3.72. The maximum absolute atomic E-state index is 12.6. The van der Waals surface area contributed by atoms with Crippen LogP contribution in [-0.2, 0) is 0 Å². The summed E-state index contributed by atoms with van der Waals surface area (Å²) in [7, 11) is 0. The van der Waals surface area contributed by atoms with E-state index in [4.69, 9.17) is 16.3 Å². The highest BCUT2D eigenvalue weighted by atomic mass is 35.5. The minimum atomic E-state index is 0.0269. The third kappa shape index (κ3) is 2.86. The van der Waals surface area contributed by atoms with Gasteiger partial charge in [0, 0.05) is 18.5 Å². The summed E-state index contributed by atoms with van der Waals surface area (Å²) in [5.74, 6) is 1.63. The van der Waals surface area contributed by atoms with Gasteiger partial charge in [0.25, 0.3) is 5.91 Å². The van der Waals surface area contributed by atoms with Gasteiger partial charge in [-0.25, -0.2) is 0 Å². The summed E-state index contributed by atoms with van der Waals surface area (Å²) in [5, 5.41) is 0. The average molecular weight is 282 g/mol. The van der Waals surface area contributed by atoms with Gasteiger partial charge in [0.15, 0.2) is 0 Å². The van der Waals surface area contributed by atoms with Gasteiger partial charge >= 0.3 is 0 Å². The van der Waals surface area contributed by atoms with Crippen LogP contribution < -0.4 is 4.74 Å². The van der Waals surface area contributed by atoms with E-state index in [0.29, 0.717) is 29.7 Å². The largest absolute Gasteiger partial charge is 0.493 e. The summed E-state index contributed by atoms with van der Waals surface area (Å²) in [6.07, 6.45) is 1.01. The lowest BCUT2D eigenvalue weighted by atomic mass is 10.0. The van der Waals surface area contributed by atoms with Crippen LogP contribution in [0.2, 0.25) is 0 Å². The fourth-order valence-electron chi connectivity index (χ4n) is 2.58. The number of carbonyl (C=O) groups excluding carboxylic acids is 1. The molecule has 2 unspecified atom stereocenters. The lowest BCUT2D eigenvalue weighted by molar-refractivity contribution is 0.0733. The van der Waals surface area contributed by atoms with Crippen molar-refractivity contribution >= 4 is 17.5 Å². The Morgan fingerprint density at radius 1 is 1.47 bits per heavy atom. The molecule has 1 heterocycles. The molecule has 1 aliphatic heterocycles. The predicted molar refractivity (Wildman–Crippen MR) is 76.9 cm³/mol. The van der Waals surface area contributed by atoms with Gasteiger partial charge in [0.2, 0.25) is 0 Å². The second-order valence-corrected chi connectivity index (χ2v) is 5.22. The fourth-order valence-corrected chi connectivity index (χ4v) is 3.05. The van der Waals surface area contributed by atoms with E-state index in [1.54, 1.807) is 0 Å². The Bertz CT molecular complexity index is 450. The molecule has 0 aromatic heterocycles. The smallest absolute Gasteiger partial charge is 0.257 e. The van der Waals surface area contributed by atoms with Crippen LogP contribution in [0.5, 0.6) is 5.75 Å². The van der Waals surface area contributed by atoms with Crippen LogP contribution in [-0.4, -0.2) is 35.9 Å². The van der Waals surface area contributed by atoms with Crippen molar-refractivity contribution in [2.75, 3.05) is 19.0 Å². The Balaban J connectivity index is 2.24. The molecule has 2 rings (SSSR count). The number of ether oxygens (including phenoxy) is 1. The summed E-state index contributed by atoms with van der Waals surface area (Å²) >= 11 is 6.00. The maximum Gasteiger partial charge on any atom is 0.257 e. The molecule has 4 heteroatoms. The SMILES string of the molecule is CCOc1ccccc1C(=O)N1CCC(C)C1CCl. The number of nitrogens with zero attached hydrogens (tertiary/aromatic N) is 1. The highest BCUT2D eigenvalue weighted by Crippen LogP contribution is 2.29. The van der Waals surface area contributed by atoms with Crippen LogP contribution in [0.4, 0.5) is 0 Å². The highest BCUT2D eigenvalue weighted by Gasteiger charge is 2.34. The molecule has 1 fully saturated rings. The van der Waals surface area contributed by atoms with Gasteiger partial charge in [-0.1, -0.05) is 19.1 Å². The molecule has 0 N–H and O–H groups in total. The number of amides is 1. The maximum atomic E-state index is 12.6.